The molecule has 0 aliphatic carbocycles. The number of hydrogen-bond donors (Lipinski definition) is 0. The van der Waals surface area contributed by atoms with Gasteiger partial charge in [-0.05, 0) is 53.1 Å². The first-order chi connectivity index (χ1) is 20.9. The van der Waals surface area contributed by atoms with Crippen molar-refractivity contribution < 1.29 is 0 Å². The molecule has 0 aliphatic heterocycles. The topological polar surface area (TPSA) is 38.7 Å². The Hall–Kier alpha value is -5.67. The standard InChI is InChI=1S/C39H27N3/c1-4-16-28(17-5-1)34-37(31-22-10-13-25-40-31)35(29-18-6-2-7-19-29)39(33-24-12-15-27-42-33)36(30-20-8-3-9-21-30)38(34)32-23-11-14-26-41-32/h1-27H. The summed E-state index contributed by atoms with van der Waals surface area (Å²) in [5.74, 6) is 0. The molecule has 0 N–H and O–H groups in total. The van der Waals surface area contributed by atoms with Crippen molar-refractivity contribution in [1.82, 2.24) is 15.0 Å². The van der Waals surface area contributed by atoms with Gasteiger partial charge in [-0.3, -0.25) is 15.0 Å². The molecule has 0 atom stereocenters. The zero-order valence-corrected chi connectivity index (χ0v) is 22.9. The predicted molar refractivity (Wildman–Crippen MR) is 172 cm³/mol. The zero-order chi connectivity index (χ0) is 28.1. The Morgan fingerprint density at radius 1 is 0.238 bits per heavy atom. The Kier molecular flexibility index (Phi) is 6.89. The van der Waals surface area contributed by atoms with Gasteiger partial charge in [-0.15, -0.1) is 0 Å². The van der Waals surface area contributed by atoms with E-state index in [1.807, 2.05) is 36.8 Å². The molecule has 0 saturated carbocycles. The summed E-state index contributed by atoms with van der Waals surface area (Å²) in [7, 11) is 0. The van der Waals surface area contributed by atoms with E-state index in [0.29, 0.717) is 0 Å². The van der Waals surface area contributed by atoms with Crippen molar-refractivity contribution in [1.29, 1.82) is 0 Å². The van der Waals surface area contributed by atoms with E-state index in [0.717, 1.165) is 67.2 Å². The molecule has 0 radical (unpaired) electrons. The van der Waals surface area contributed by atoms with Crippen LogP contribution in [0.15, 0.2) is 164 Å². The van der Waals surface area contributed by atoms with Gasteiger partial charge in [0.25, 0.3) is 0 Å². The van der Waals surface area contributed by atoms with Crippen LogP contribution in [0.4, 0.5) is 0 Å². The largest absolute Gasteiger partial charge is 0.256 e. The highest BCUT2D eigenvalue weighted by Crippen LogP contribution is 2.54. The van der Waals surface area contributed by atoms with Gasteiger partial charge in [0.05, 0.1) is 17.1 Å². The zero-order valence-electron chi connectivity index (χ0n) is 22.9. The fraction of sp³-hybridized carbons (Fsp3) is 0. The molecule has 7 aromatic rings. The van der Waals surface area contributed by atoms with E-state index in [4.69, 9.17) is 15.0 Å². The number of pyridine rings is 3. The summed E-state index contributed by atoms with van der Waals surface area (Å²) in [6, 6.07) is 50.2. The maximum absolute atomic E-state index is 4.95. The summed E-state index contributed by atoms with van der Waals surface area (Å²) in [4.78, 5) is 14.9. The molecular formula is C39H27N3. The molecule has 3 heterocycles. The molecule has 3 heteroatoms. The Balaban J connectivity index is 1.81. The van der Waals surface area contributed by atoms with Gasteiger partial charge in [-0.25, -0.2) is 0 Å². The van der Waals surface area contributed by atoms with Crippen LogP contribution in [0.3, 0.4) is 0 Å². The molecule has 0 aliphatic rings. The third kappa shape index (κ3) is 4.67. The van der Waals surface area contributed by atoms with E-state index >= 15 is 0 Å². The van der Waals surface area contributed by atoms with Crippen LogP contribution in [0.25, 0.3) is 67.2 Å². The summed E-state index contributed by atoms with van der Waals surface area (Å²) < 4.78 is 0. The molecule has 0 fully saturated rings. The smallest absolute Gasteiger partial charge is 0.0714 e. The molecule has 198 valence electrons. The summed E-state index contributed by atoms with van der Waals surface area (Å²) in [5, 5.41) is 0. The third-order valence-corrected chi connectivity index (χ3v) is 7.45. The molecule has 0 bridgehead atoms. The van der Waals surface area contributed by atoms with Gasteiger partial charge in [-0.2, -0.15) is 0 Å². The molecule has 3 aromatic heterocycles. The minimum atomic E-state index is 0.893. The quantitative estimate of drug-likeness (QED) is 0.212. The number of rotatable bonds is 6. The molecule has 0 unspecified atom stereocenters. The van der Waals surface area contributed by atoms with Crippen LogP contribution in [0, 0.1) is 0 Å². The van der Waals surface area contributed by atoms with Crippen LogP contribution in [0.1, 0.15) is 0 Å². The lowest BCUT2D eigenvalue weighted by Gasteiger charge is -2.27. The summed E-state index contributed by atoms with van der Waals surface area (Å²) in [6.45, 7) is 0. The van der Waals surface area contributed by atoms with Crippen molar-refractivity contribution in [3.05, 3.63) is 164 Å². The third-order valence-electron chi connectivity index (χ3n) is 7.45. The molecule has 3 nitrogen and oxygen atoms in total. The molecule has 42 heavy (non-hydrogen) atoms. The average Bonchev–Trinajstić information content (AvgIpc) is 3.09. The van der Waals surface area contributed by atoms with E-state index in [1.165, 1.54) is 0 Å². The van der Waals surface area contributed by atoms with Gasteiger partial charge in [0.1, 0.15) is 0 Å². The van der Waals surface area contributed by atoms with Crippen molar-refractivity contribution in [2.75, 3.05) is 0 Å². The average molecular weight is 538 g/mol. The second-order valence-corrected chi connectivity index (χ2v) is 9.99. The fourth-order valence-corrected chi connectivity index (χ4v) is 5.73. The van der Waals surface area contributed by atoms with Crippen molar-refractivity contribution in [2.45, 2.75) is 0 Å². The minimum Gasteiger partial charge on any atom is -0.256 e. The van der Waals surface area contributed by atoms with Gasteiger partial charge < -0.3 is 0 Å². The van der Waals surface area contributed by atoms with Crippen molar-refractivity contribution in [3.8, 4) is 67.2 Å². The lowest BCUT2D eigenvalue weighted by molar-refractivity contribution is 1.30. The number of benzene rings is 4. The fourth-order valence-electron chi connectivity index (χ4n) is 5.73. The van der Waals surface area contributed by atoms with Crippen LogP contribution < -0.4 is 0 Å². The van der Waals surface area contributed by atoms with Crippen LogP contribution in [0.2, 0.25) is 0 Å². The normalized spacial score (nSPS) is 10.9. The van der Waals surface area contributed by atoms with Gasteiger partial charge in [-0.1, -0.05) is 109 Å². The molecule has 0 amide bonds. The molecule has 7 rings (SSSR count). The van der Waals surface area contributed by atoms with E-state index in [2.05, 4.69) is 127 Å². The maximum atomic E-state index is 4.95. The lowest BCUT2D eigenvalue weighted by Crippen LogP contribution is -2.03. The Bertz CT molecular complexity index is 1530. The molecule has 0 spiro atoms. The Morgan fingerprint density at radius 3 is 0.738 bits per heavy atom. The van der Waals surface area contributed by atoms with E-state index in [9.17, 15) is 0 Å². The number of aromatic nitrogens is 3. The van der Waals surface area contributed by atoms with Crippen LogP contribution >= 0.6 is 0 Å². The van der Waals surface area contributed by atoms with Gasteiger partial charge in [0.15, 0.2) is 0 Å². The molecule has 0 saturated heterocycles. The SMILES string of the molecule is c1ccc(-c2c(-c3ccccn3)c(-c3ccccc3)c(-c3ccccn3)c(-c3ccccc3)c2-c2ccccn2)cc1. The predicted octanol–water partition coefficient (Wildman–Crippen LogP) is 9.87. The highest BCUT2D eigenvalue weighted by atomic mass is 14.7. The second-order valence-electron chi connectivity index (χ2n) is 9.99. The minimum absolute atomic E-state index is 0.893. The van der Waals surface area contributed by atoms with Crippen molar-refractivity contribution >= 4 is 0 Å². The van der Waals surface area contributed by atoms with Crippen LogP contribution in [-0.4, -0.2) is 15.0 Å². The van der Waals surface area contributed by atoms with Crippen LogP contribution in [0.5, 0.6) is 0 Å². The maximum Gasteiger partial charge on any atom is 0.0714 e. The summed E-state index contributed by atoms with van der Waals surface area (Å²) >= 11 is 0. The van der Waals surface area contributed by atoms with Crippen molar-refractivity contribution in [2.24, 2.45) is 0 Å². The van der Waals surface area contributed by atoms with Gasteiger partial charge >= 0.3 is 0 Å². The first kappa shape index (κ1) is 25.3. The van der Waals surface area contributed by atoms with E-state index in [1.54, 1.807) is 0 Å². The first-order valence-corrected chi connectivity index (χ1v) is 14.0. The first-order valence-electron chi connectivity index (χ1n) is 14.0. The van der Waals surface area contributed by atoms with Crippen LogP contribution in [-0.2, 0) is 0 Å². The molecule has 4 aromatic carbocycles. The van der Waals surface area contributed by atoms with Crippen molar-refractivity contribution in [3.63, 3.8) is 0 Å². The highest BCUT2D eigenvalue weighted by Gasteiger charge is 2.30. The monoisotopic (exact) mass is 537 g/mol. The van der Waals surface area contributed by atoms with Gasteiger partial charge in [0, 0.05) is 52.0 Å². The molecular weight excluding hydrogens is 510 g/mol. The number of hydrogen-bond acceptors (Lipinski definition) is 3. The highest BCUT2D eigenvalue weighted by molar-refractivity contribution is 6.13. The second kappa shape index (κ2) is 11.4. The van der Waals surface area contributed by atoms with Gasteiger partial charge in [0.2, 0.25) is 0 Å². The lowest BCUT2D eigenvalue weighted by atomic mass is 9.76. The summed E-state index contributed by atoms with van der Waals surface area (Å²) in [6.07, 6.45) is 5.60. The Morgan fingerprint density at radius 2 is 0.500 bits per heavy atom. The summed E-state index contributed by atoms with van der Waals surface area (Å²) in [5.41, 5.74) is 12.4. The Labute approximate surface area is 245 Å². The number of nitrogens with zero attached hydrogens (tertiary/aromatic N) is 3. The van der Waals surface area contributed by atoms with E-state index in [-0.39, 0.29) is 0 Å². The van der Waals surface area contributed by atoms with E-state index < -0.39 is 0 Å².